The van der Waals surface area contributed by atoms with Crippen molar-refractivity contribution < 1.29 is 9.53 Å². The number of hydrogen-bond donors (Lipinski definition) is 1. The van der Waals surface area contributed by atoms with Crippen molar-refractivity contribution in [2.24, 2.45) is 0 Å². The van der Waals surface area contributed by atoms with E-state index in [1.807, 2.05) is 24.3 Å². The molecule has 1 aromatic carbocycles. The van der Waals surface area contributed by atoms with Crippen molar-refractivity contribution in [3.05, 3.63) is 24.3 Å². The van der Waals surface area contributed by atoms with Crippen LogP contribution in [0.3, 0.4) is 0 Å². The van der Waals surface area contributed by atoms with E-state index in [1.165, 1.54) is 11.8 Å². The number of methoxy groups -OCH3 is 1. The predicted octanol–water partition coefficient (Wildman–Crippen LogP) is 2.16. The molecule has 0 aliphatic heterocycles. The molecule has 18 heavy (non-hydrogen) atoms. The van der Waals surface area contributed by atoms with E-state index in [2.05, 4.69) is 15.2 Å². The summed E-state index contributed by atoms with van der Waals surface area (Å²) in [5.41, 5.74) is 0.929. The number of nitrogens with zero attached hydrogens (tertiary/aromatic N) is 2. The normalized spacial score (nSPS) is 10.3. The second kappa shape index (κ2) is 5.68. The molecular weight excluding hydrogens is 250 g/mol. The maximum absolute atomic E-state index is 10.9. The lowest BCUT2D eigenvalue weighted by atomic mass is 10.2. The van der Waals surface area contributed by atoms with Gasteiger partial charge in [-0.15, -0.1) is 5.10 Å². The van der Waals surface area contributed by atoms with Gasteiger partial charge in [0, 0.05) is 5.56 Å². The Hall–Kier alpha value is -1.82. The van der Waals surface area contributed by atoms with Gasteiger partial charge < -0.3 is 4.74 Å². The molecule has 0 atom stereocenters. The molecule has 0 spiro atoms. The average molecular weight is 263 g/mol. The molecule has 2 rings (SSSR count). The van der Waals surface area contributed by atoms with Crippen LogP contribution in [0.15, 0.2) is 29.4 Å². The van der Waals surface area contributed by atoms with E-state index in [9.17, 15) is 4.79 Å². The number of nitrogens with one attached hydrogen (secondary N) is 1. The van der Waals surface area contributed by atoms with Crippen molar-refractivity contribution in [3.63, 3.8) is 0 Å². The zero-order chi connectivity index (χ0) is 13.0. The smallest absolute Gasteiger partial charge is 0.209 e. The highest BCUT2D eigenvalue weighted by Gasteiger charge is 2.07. The van der Waals surface area contributed by atoms with Gasteiger partial charge >= 0.3 is 0 Å². The van der Waals surface area contributed by atoms with Crippen molar-refractivity contribution in [3.8, 4) is 17.1 Å². The van der Waals surface area contributed by atoms with Gasteiger partial charge in [-0.05, 0) is 31.2 Å². The Morgan fingerprint density at radius 3 is 2.72 bits per heavy atom. The number of carbonyl (C=O) groups excluding carboxylic acids is 1. The molecule has 0 unspecified atom stereocenters. The van der Waals surface area contributed by atoms with Gasteiger partial charge in [-0.25, -0.2) is 4.98 Å². The molecule has 1 N–H and O–H groups in total. The van der Waals surface area contributed by atoms with Gasteiger partial charge in [0.2, 0.25) is 5.16 Å². The molecule has 0 saturated carbocycles. The van der Waals surface area contributed by atoms with Gasteiger partial charge in [-0.1, -0.05) is 11.8 Å². The van der Waals surface area contributed by atoms with Gasteiger partial charge in [0.05, 0.1) is 12.9 Å². The summed E-state index contributed by atoms with van der Waals surface area (Å²) in [5, 5.41) is 7.48. The Kier molecular flexibility index (Phi) is 3.99. The number of aromatic nitrogens is 3. The summed E-state index contributed by atoms with van der Waals surface area (Å²) in [5.74, 6) is 1.98. The summed E-state index contributed by atoms with van der Waals surface area (Å²) >= 11 is 1.32. The molecular formula is C12H13N3O2S. The standard InChI is InChI=1S/C12H13N3O2S/c1-8(16)7-18-12-13-11(14-15-12)9-3-5-10(17-2)6-4-9/h3-6H,7H2,1-2H3,(H,13,14,15). The van der Waals surface area contributed by atoms with Crippen LogP contribution in [0.25, 0.3) is 11.4 Å². The largest absolute Gasteiger partial charge is 0.497 e. The monoisotopic (exact) mass is 263 g/mol. The van der Waals surface area contributed by atoms with E-state index in [1.54, 1.807) is 14.0 Å². The van der Waals surface area contributed by atoms with Crippen LogP contribution >= 0.6 is 11.8 Å². The van der Waals surface area contributed by atoms with Crippen molar-refractivity contribution in [1.82, 2.24) is 15.2 Å². The fourth-order valence-corrected chi connectivity index (χ4v) is 1.95. The highest BCUT2D eigenvalue weighted by Crippen LogP contribution is 2.21. The summed E-state index contributed by atoms with van der Waals surface area (Å²) in [4.78, 5) is 15.2. The van der Waals surface area contributed by atoms with Crippen LogP contribution in [0.4, 0.5) is 0 Å². The fourth-order valence-electron chi connectivity index (χ4n) is 1.36. The first-order valence-electron chi connectivity index (χ1n) is 5.38. The van der Waals surface area contributed by atoms with Crippen LogP contribution in [-0.4, -0.2) is 33.8 Å². The lowest BCUT2D eigenvalue weighted by Crippen LogP contribution is -1.93. The number of carbonyl (C=O) groups is 1. The van der Waals surface area contributed by atoms with Crippen molar-refractivity contribution in [2.45, 2.75) is 12.1 Å². The van der Waals surface area contributed by atoms with Crippen molar-refractivity contribution in [1.29, 1.82) is 0 Å². The van der Waals surface area contributed by atoms with Crippen LogP contribution in [0, 0.1) is 0 Å². The van der Waals surface area contributed by atoms with E-state index in [-0.39, 0.29) is 5.78 Å². The van der Waals surface area contributed by atoms with Gasteiger partial charge in [0.1, 0.15) is 11.5 Å². The molecule has 0 radical (unpaired) electrons. The van der Waals surface area contributed by atoms with E-state index in [0.29, 0.717) is 16.7 Å². The first kappa shape index (κ1) is 12.6. The molecule has 0 amide bonds. The number of ether oxygens (including phenoxy) is 1. The lowest BCUT2D eigenvalue weighted by molar-refractivity contribution is -0.114. The van der Waals surface area contributed by atoms with Gasteiger partial charge in [0.25, 0.3) is 0 Å². The summed E-state index contributed by atoms with van der Waals surface area (Å²) in [6.07, 6.45) is 0. The molecule has 6 heteroatoms. The quantitative estimate of drug-likeness (QED) is 0.837. The van der Waals surface area contributed by atoms with Crippen LogP contribution in [0.1, 0.15) is 6.92 Å². The third-order valence-electron chi connectivity index (χ3n) is 2.23. The molecule has 2 aromatic rings. The molecule has 0 aliphatic rings. The third-order valence-corrected chi connectivity index (χ3v) is 3.22. The number of hydrogen-bond acceptors (Lipinski definition) is 5. The molecule has 0 fully saturated rings. The molecule has 5 nitrogen and oxygen atoms in total. The van der Waals surface area contributed by atoms with E-state index in [4.69, 9.17) is 4.74 Å². The van der Waals surface area contributed by atoms with Crippen LogP contribution < -0.4 is 4.74 Å². The average Bonchev–Trinajstić information content (AvgIpc) is 2.85. The highest BCUT2D eigenvalue weighted by molar-refractivity contribution is 7.99. The number of ketones is 1. The molecule has 0 bridgehead atoms. The lowest BCUT2D eigenvalue weighted by Gasteiger charge is -1.99. The third kappa shape index (κ3) is 3.10. The Balaban J connectivity index is 2.10. The molecule has 0 saturated heterocycles. The number of thioether (sulfide) groups is 1. The van der Waals surface area contributed by atoms with Gasteiger partial charge in [-0.3, -0.25) is 9.89 Å². The number of Topliss-reactive ketones (excluding diaryl/α,β-unsaturated/α-hetero) is 1. The molecule has 1 heterocycles. The van der Waals surface area contributed by atoms with Gasteiger partial charge in [-0.2, -0.15) is 0 Å². The molecule has 94 valence electrons. The first-order valence-corrected chi connectivity index (χ1v) is 6.36. The van der Waals surface area contributed by atoms with Crippen LogP contribution in [0.5, 0.6) is 5.75 Å². The summed E-state index contributed by atoms with van der Waals surface area (Å²) in [6, 6.07) is 7.53. The van der Waals surface area contributed by atoms with Crippen LogP contribution in [-0.2, 0) is 4.79 Å². The maximum Gasteiger partial charge on any atom is 0.209 e. The number of aromatic amines is 1. The van der Waals surface area contributed by atoms with Crippen molar-refractivity contribution in [2.75, 3.05) is 12.9 Å². The minimum absolute atomic E-state index is 0.107. The second-order valence-electron chi connectivity index (χ2n) is 3.69. The topological polar surface area (TPSA) is 67.9 Å². The highest BCUT2D eigenvalue weighted by atomic mass is 32.2. The minimum Gasteiger partial charge on any atom is -0.497 e. The Morgan fingerprint density at radius 1 is 1.39 bits per heavy atom. The summed E-state index contributed by atoms with van der Waals surface area (Å²) in [6.45, 7) is 1.55. The van der Waals surface area contributed by atoms with Gasteiger partial charge in [0.15, 0.2) is 5.82 Å². The number of benzene rings is 1. The molecule has 1 aromatic heterocycles. The van der Waals surface area contributed by atoms with E-state index >= 15 is 0 Å². The second-order valence-corrected chi connectivity index (χ2v) is 4.63. The minimum atomic E-state index is 0.107. The Morgan fingerprint density at radius 2 is 2.11 bits per heavy atom. The van der Waals surface area contributed by atoms with Crippen molar-refractivity contribution >= 4 is 17.5 Å². The summed E-state index contributed by atoms with van der Waals surface area (Å²) in [7, 11) is 1.62. The zero-order valence-corrected chi connectivity index (χ0v) is 11.0. The number of H-pyrrole nitrogens is 1. The Bertz CT molecular complexity index is 537. The van der Waals surface area contributed by atoms with Crippen LogP contribution in [0.2, 0.25) is 0 Å². The summed E-state index contributed by atoms with van der Waals surface area (Å²) < 4.78 is 5.09. The zero-order valence-electron chi connectivity index (χ0n) is 10.1. The Labute approximate surface area is 109 Å². The molecule has 0 aliphatic carbocycles. The first-order chi connectivity index (χ1) is 8.69. The predicted molar refractivity (Wildman–Crippen MR) is 69.8 cm³/mol. The SMILES string of the molecule is COc1ccc(-c2nc(SCC(C)=O)n[nH]2)cc1. The fraction of sp³-hybridized carbons (Fsp3) is 0.250. The maximum atomic E-state index is 10.9. The van der Waals surface area contributed by atoms with E-state index < -0.39 is 0 Å². The van der Waals surface area contributed by atoms with E-state index in [0.717, 1.165) is 11.3 Å². The number of rotatable bonds is 5.